The maximum atomic E-state index is 13.8. The Labute approximate surface area is 356 Å². The van der Waals surface area contributed by atoms with Crippen LogP contribution in [0.3, 0.4) is 0 Å². The molecule has 0 bridgehead atoms. The molecule has 4 N–H and O–H groups in total. The normalized spacial score (nSPS) is 17.6. The second kappa shape index (κ2) is 16.7. The SMILES string of the molecule is COC(=O)NC(C(=O)N1CCCC1c1nc2c([nH]1)CCc1cc(-c3ccc(-c4ccc5nc(C6(N(C)C(=O)C(NC(=O)OC)C(C)C)CCC6)[nH]c5c4)cc3)ccc1-2)C(C)C. The second-order valence-electron chi connectivity index (χ2n) is 17.4. The Morgan fingerprint density at radius 1 is 0.787 bits per heavy atom. The zero-order valence-corrected chi connectivity index (χ0v) is 36.1. The first-order valence-electron chi connectivity index (χ1n) is 21.4. The van der Waals surface area contributed by atoms with E-state index in [4.69, 9.17) is 19.4 Å². The molecule has 0 radical (unpaired) electrons. The van der Waals surface area contributed by atoms with Gasteiger partial charge in [-0.1, -0.05) is 76.2 Å². The van der Waals surface area contributed by atoms with E-state index in [-0.39, 0.29) is 29.7 Å². The van der Waals surface area contributed by atoms with Gasteiger partial charge in [-0.25, -0.2) is 19.6 Å². The predicted molar refractivity (Wildman–Crippen MR) is 232 cm³/mol. The fraction of sp³-hybridized carbons (Fsp3) is 0.447. The summed E-state index contributed by atoms with van der Waals surface area (Å²) < 4.78 is 9.60. The Morgan fingerprint density at radius 2 is 1.41 bits per heavy atom. The number of H-pyrrole nitrogens is 2. The summed E-state index contributed by atoms with van der Waals surface area (Å²) in [5, 5.41) is 5.45. The topological polar surface area (TPSA) is 175 Å². The number of carbonyl (C=O) groups excluding carboxylic acids is 4. The molecule has 1 saturated heterocycles. The number of aryl methyl sites for hydroxylation is 2. The molecule has 5 aromatic rings. The number of benzene rings is 3. The van der Waals surface area contributed by atoms with Gasteiger partial charge in [-0.2, -0.15) is 0 Å². The van der Waals surface area contributed by atoms with Gasteiger partial charge in [0.25, 0.3) is 0 Å². The van der Waals surface area contributed by atoms with Crippen LogP contribution < -0.4 is 10.6 Å². The third-order valence-electron chi connectivity index (χ3n) is 13.1. The van der Waals surface area contributed by atoms with Crippen LogP contribution in [0.5, 0.6) is 0 Å². The van der Waals surface area contributed by atoms with Gasteiger partial charge in [-0.3, -0.25) is 9.59 Å². The molecule has 1 saturated carbocycles. The lowest BCUT2D eigenvalue weighted by Gasteiger charge is -2.48. The molecule has 2 aromatic heterocycles. The largest absolute Gasteiger partial charge is 0.453 e. The average Bonchev–Trinajstić information content (AvgIpc) is 4.02. The van der Waals surface area contributed by atoms with Crippen molar-refractivity contribution < 1.29 is 28.7 Å². The summed E-state index contributed by atoms with van der Waals surface area (Å²) in [6.07, 6.45) is 4.65. The number of aromatic amines is 2. The summed E-state index contributed by atoms with van der Waals surface area (Å²) in [4.78, 5) is 72.5. The summed E-state index contributed by atoms with van der Waals surface area (Å²) >= 11 is 0. The van der Waals surface area contributed by atoms with E-state index in [1.165, 1.54) is 19.8 Å². The highest BCUT2D eigenvalue weighted by atomic mass is 16.5. The number of imidazole rings is 2. The average molecular weight is 829 g/mol. The summed E-state index contributed by atoms with van der Waals surface area (Å²) in [6, 6.07) is 19.8. The number of hydrogen-bond acceptors (Lipinski definition) is 8. The molecule has 320 valence electrons. The van der Waals surface area contributed by atoms with Crippen molar-refractivity contribution in [2.75, 3.05) is 27.8 Å². The van der Waals surface area contributed by atoms with Crippen molar-refractivity contribution in [3.05, 3.63) is 83.6 Å². The summed E-state index contributed by atoms with van der Waals surface area (Å²) in [6.45, 7) is 8.26. The number of ether oxygens (including phenoxy) is 2. The molecular weight excluding hydrogens is 773 g/mol. The van der Waals surface area contributed by atoms with Gasteiger partial charge in [0.2, 0.25) is 11.8 Å². The number of fused-ring (bicyclic) bond motifs is 4. The number of nitrogens with zero attached hydrogens (tertiary/aromatic N) is 4. The van der Waals surface area contributed by atoms with Crippen molar-refractivity contribution in [1.29, 1.82) is 0 Å². The van der Waals surface area contributed by atoms with Crippen molar-refractivity contribution in [1.82, 2.24) is 40.4 Å². The van der Waals surface area contributed by atoms with Crippen molar-refractivity contribution in [3.8, 4) is 33.5 Å². The number of hydrogen-bond donors (Lipinski definition) is 4. The van der Waals surface area contributed by atoms with Crippen LogP contribution >= 0.6 is 0 Å². The molecule has 0 spiro atoms. The van der Waals surface area contributed by atoms with Crippen LogP contribution in [0.4, 0.5) is 9.59 Å². The van der Waals surface area contributed by atoms with Crippen LogP contribution in [-0.4, -0.2) is 93.6 Å². The summed E-state index contributed by atoms with van der Waals surface area (Å²) in [5.41, 5.74) is 9.91. The van der Waals surface area contributed by atoms with Crippen molar-refractivity contribution in [2.24, 2.45) is 11.8 Å². The first kappa shape index (κ1) is 41.5. The van der Waals surface area contributed by atoms with Crippen molar-refractivity contribution in [2.45, 2.75) is 96.3 Å². The lowest BCUT2D eigenvalue weighted by molar-refractivity contribution is -0.143. The monoisotopic (exact) mass is 828 g/mol. The fourth-order valence-corrected chi connectivity index (χ4v) is 9.28. The zero-order chi connectivity index (χ0) is 43.2. The van der Waals surface area contributed by atoms with Gasteiger partial charge in [-0.15, -0.1) is 0 Å². The zero-order valence-electron chi connectivity index (χ0n) is 36.1. The van der Waals surface area contributed by atoms with Gasteiger partial charge in [0.15, 0.2) is 0 Å². The Balaban J connectivity index is 0.982. The van der Waals surface area contributed by atoms with Gasteiger partial charge in [0.1, 0.15) is 29.3 Å². The van der Waals surface area contributed by atoms with Crippen LogP contribution in [0.15, 0.2) is 60.7 Å². The molecular formula is C47H56N8O6. The molecule has 14 heteroatoms. The van der Waals surface area contributed by atoms with E-state index in [2.05, 4.69) is 75.2 Å². The molecule has 8 rings (SSSR count). The Morgan fingerprint density at radius 3 is 2.03 bits per heavy atom. The minimum absolute atomic E-state index is 0.0997. The van der Waals surface area contributed by atoms with E-state index >= 15 is 0 Å². The maximum absolute atomic E-state index is 13.8. The lowest BCUT2D eigenvalue weighted by atomic mass is 9.74. The second-order valence-corrected chi connectivity index (χ2v) is 17.4. The summed E-state index contributed by atoms with van der Waals surface area (Å²) in [7, 11) is 4.40. The number of aromatic nitrogens is 4. The molecule has 3 aromatic carbocycles. The number of likely N-dealkylation sites (tertiary alicyclic amines) is 1. The van der Waals surface area contributed by atoms with Crippen LogP contribution in [0.25, 0.3) is 44.5 Å². The number of nitrogens with one attached hydrogen (secondary N) is 4. The molecule has 3 unspecified atom stereocenters. The van der Waals surface area contributed by atoms with E-state index in [1.54, 1.807) is 11.9 Å². The lowest BCUT2D eigenvalue weighted by Crippen LogP contribution is -2.59. The minimum atomic E-state index is -0.718. The fourth-order valence-electron chi connectivity index (χ4n) is 9.28. The highest BCUT2D eigenvalue weighted by Gasteiger charge is 2.49. The van der Waals surface area contributed by atoms with Crippen LogP contribution in [0.2, 0.25) is 0 Å². The number of carbonyl (C=O) groups is 4. The Kier molecular flexibility index (Phi) is 11.4. The highest BCUT2D eigenvalue weighted by molar-refractivity contribution is 5.88. The van der Waals surface area contributed by atoms with E-state index in [1.807, 2.05) is 38.7 Å². The van der Waals surface area contributed by atoms with Gasteiger partial charge < -0.3 is 39.9 Å². The third-order valence-corrected chi connectivity index (χ3v) is 13.1. The number of rotatable bonds is 11. The molecule has 3 heterocycles. The van der Waals surface area contributed by atoms with Crippen molar-refractivity contribution in [3.63, 3.8) is 0 Å². The number of methoxy groups -OCH3 is 2. The smallest absolute Gasteiger partial charge is 0.407 e. The molecule has 2 aliphatic carbocycles. The number of alkyl carbamates (subject to hydrolysis) is 2. The molecule has 4 amide bonds. The van der Waals surface area contributed by atoms with E-state index < -0.39 is 29.8 Å². The van der Waals surface area contributed by atoms with Gasteiger partial charge >= 0.3 is 12.2 Å². The first-order chi connectivity index (χ1) is 29.3. The van der Waals surface area contributed by atoms with E-state index in [0.717, 1.165) is 107 Å². The van der Waals surface area contributed by atoms with Crippen LogP contribution in [0, 0.1) is 11.8 Å². The minimum Gasteiger partial charge on any atom is -0.453 e. The molecule has 3 aliphatic rings. The molecule has 1 aliphatic heterocycles. The Hall–Kier alpha value is -6.18. The number of amides is 4. The highest BCUT2D eigenvalue weighted by Crippen LogP contribution is 2.46. The summed E-state index contributed by atoms with van der Waals surface area (Å²) in [5.74, 6) is 1.03. The maximum Gasteiger partial charge on any atom is 0.407 e. The van der Waals surface area contributed by atoms with E-state index in [9.17, 15) is 19.2 Å². The molecule has 3 atom stereocenters. The predicted octanol–water partition coefficient (Wildman–Crippen LogP) is 7.65. The van der Waals surface area contributed by atoms with E-state index in [0.29, 0.717) is 6.54 Å². The third kappa shape index (κ3) is 7.72. The molecule has 2 fully saturated rings. The quantitative estimate of drug-likeness (QED) is 0.105. The first-order valence-corrected chi connectivity index (χ1v) is 21.4. The van der Waals surface area contributed by atoms with Crippen LogP contribution in [-0.2, 0) is 37.4 Å². The van der Waals surface area contributed by atoms with Crippen LogP contribution in [0.1, 0.15) is 88.7 Å². The van der Waals surface area contributed by atoms with Gasteiger partial charge in [0, 0.05) is 24.8 Å². The molecule has 61 heavy (non-hydrogen) atoms. The van der Waals surface area contributed by atoms with Gasteiger partial charge in [-0.05, 0) is 96.7 Å². The number of likely N-dealkylation sites (N-methyl/N-ethyl adjacent to an activating group) is 1. The molecule has 14 nitrogen and oxygen atoms in total. The van der Waals surface area contributed by atoms with Gasteiger partial charge in [0.05, 0.1) is 37.0 Å². The Bertz CT molecular complexity index is 2470. The van der Waals surface area contributed by atoms with Crippen molar-refractivity contribution >= 4 is 35.0 Å². The standard InChI is InChI=1S/C47H56N8O6/c1-26(2)38(52-45(58)60-6)42(56)54(5)47(21-9-22-47)44-49-34-19-16-31(25-36(34)50-44)29-13-11-28(12-14-29)30-15-18-33-32(24-30)17-20-35-40(33)51-41(48-35)37-10-8-23-55(37)43(57)39(27(3)4)53-46(59)61-7/h11-16,18-19,24-27,37-39H,8-10,17,20-23H2,1-7H3,(H,48,51)(H,49,50)(H,52,58)(H,53,59).